The zero-order chi connectivity index (χ0) is 31.9. The van der Waals surface area contributed by atoms with Crippen molar-refractivity contribution in [1.82, 2.24) is 10.2 Å². The van der Waals surface area contributed by atoms with Crippen LogP contribution in [0, 0.1) is 20.8 Å². The molecule has 1 N–H and O–H groups in total. The molecule has 0 saturated carbocycles. The lowest BCUT2D eigenvalue weighted by atomic mass is 10.0. The first-order valence-corrected chi connectivity index (χ1v) is 16.3. The van der Waals surface area contributed by atoms with Gasteiger partial charge in [0.2, 0.25) is 11.8 Å². The molecule has 4 aromatic carbocycles. The van der Waals surface area contributed by atoms with Crippen molar-refractivity contribution in [2.45, 2.75) is 51.6 Å². The van der Waals surface area contributed by atoms with Gasteiger partial charge in [-0.2, -0.15) is 0 Å². The molecule has 0 saturated heterocycles. The highest BCUT2D eigenvalue weighted by molar-refractivity contribution is 7.92. The molecule has 0 spiro atoms. The molecule has 0 heterocycles. The van der Waals surface area contributed by atoms with Crippen molar-refractivity contribution in [2.24, 2.45) is 0 Å². The van der Waals surface area contributed by atoms with Gasteiger partial charge in [-0.15, -0.1) is 0 Å². The molecule has 4 rings (SSSR count). The van der Waals surface area contributed by atoms with E-state index in [4.69, 9.17) is 11.6 Å². The molecule has 0 aliphatic rings. The Morgan fingerprint density at radius 3 is 2.14 bits per heavy atom. The number of aryl methyl sites for hydroxylation is 3. The molecular formula is C35H38ClN3O4S. The van der Waals surface area contributed by atoms with Crippen LogP contribution in [0.4, 0.5) is 5.69 Å². The number of hydrogen-bond donors (Lipinski definition) is 1. The predicted octanol–water partition coefficient (Wildman–Crippen LogP) is 6.24. The van der Waals surface area contributed by atoms with Crippen LogP contribution in [0.25, 0.3) is 0 Å². The molecule has 0 aliphatic heterocycles. The number of rotatable bonds is 12. The van der Waals surface area contributed by atoms with Gasteiger partial charge in [0.25, 0.3) is 10.0 Å². The van der Waals surface area contributed by atoms with Crippen LogP contribution in [0.1, 0.15) is 34.7 Å². The smallest absolute Gasteiger partial charge is 0.264 e. The minimum atomic E-state index is -4.18. The average molecular weight is 632 g/mol. The maximum Gasteiger partial charge on any atom is 0.264 e. The molecule has 0 aliphatic carbocycles. The third-order valence-electron chi connectivity index (χ3n) is 7.44. The maximum atomic E-state index is 14.5. The van der Waals surface area contributed by atoms with Gasteiger partial charge in [0.1, 0.15) is 12.6 Å². The van der Waals surface area contributed by atoms with E-state index in [1.807, 2.05) is 76.2 Å². The van der Waals surface area contributed by atoms with Gasteiger partial charge in [-0.3, -0.25) is 13.9 Å². The van der Waals surface area contributed by atoms with Crippen molar-refractivity contribution in [1.29, 1.82) is 0 Å². The lowest BCUT2D eigenvalue weighted by Gasteiger charge is -2.34. The fourth-order valence-electron chi connectivity index (χ4n) is 5.00. The fourth-order valence-corrected chi connectivity index (χ4v) is 6.66. The number of benzene rings is 4. The van der Waals surface area contributed by atoms with Crippen molar-refractivity contribution < 1.29 is 18.0 Å². The van der Waals surface area contributed by atoms with Crippen LogP contribution >= 0.6 is 11.6 Å². The Kier molecular flexibility index (Phi) is 10.8. The number of halogens is 1. The largest absolute Gasteiger partial charge is 0.355 e. The summed E-state index contributed by atoms with van der Waals surface area (Å²) in [4.78, 5) is 29.6. The van der Waals surface area contributed by atoms with Gasteiger partial charge >= 0.3 is 0 Å². The van der Waals surface area contributed by atoms with E-state index >= 15 is 0 Å². The van der Waals surface area contributed by atoms with Crippen LogP contribution in [0.5, 0.6) is 0 Å². The first kappa shape index (κ1) is 32.8. The third kappa shape index (κ3) is 7.87. The minimum absolute atomic E-state index is 0.0123. The molecule has 0 unspecified atom stereocenters. The Bertz CT molecular complexity index is 1710. The van der Waals surface area contributed by atoms with E-state index in [0.717, 1.165) is 21.0 Å². The molecule has 44 heavy (non-hydrogen) atoms. The van der Waals surface area contributed by atoms with E-state index in [0.29, 0.717) is 28.4 Å². The average Bonchev–Trinajstić information content (AvgIpc) is 3.00. The predicted molar refractivity (Wildman–Crippen MR) is 176 cm³/mol. The van der Waals surface area contributed by atoms with E-state index in [2.05, 4.69) is 5.32 Å². The Hall–Kier alpha value is -4.14. The van der Waals surface area contributed by atoms with Crippen LogP contribution in [0.15, 0.2) is 102 Å². The molecule has 2 amide bonds. The molecule has 1 atom stereocenters. The highest BCUT2D eigenvalue weighted by Gasteiger charge is 2.35. The number of likely N-dealkylation sites (N-methyl/N-ethyl adjacent to an activating group) is 1. The van der Waals surface area contributed by atoms with Gasteiger partial charge < -0.3 is 10.2 Å². The summed E-state index contributed by atoms with van der Waals surface area (Å²) >= 11 is 6.54. The van der Waals surface area contributed by atoms with Gasteiger partial charge in [0.05, 0.1) is 10.6 Å². The number of carbonyl (C=O) groups is 2. The number of carbonyl (C=O) groups excluding carboxylic acids is 2. The highest BCUT2D eigenvalue weighted by Crippen LogP contribution is 2.29. The van der Waals surface area contributed by atoms with Gasteiger partial charge in [-0.05, 0) is 74.2 Å². The number of nitrogens with one attached hydrogen (secondary N) is 1. The standard InChI is InChI=1S/C35H38ClN3O4S/c1-5-37-35(41)33(22-28-11-7-6-8-12-28)38(23-29-13-9-10-14-31(29)36)34(40)24-39(32-21-26(3)15-18-27(32)4)44(42,43)30-19-16-25(2)17-20-30/h6-21,33H,5,22-24H2,1-4H3,(H,37,41)/t33-/m1/s1. The first-order chi connectivity index (χ1) is 21.0. The topological polar surface area (TPSA) is 86.8 Å². The second-order valence-electron chi connectivity index (χ2n) is 10.8. The number of amides is 2. The fraction of sp³-hybridized carbons (Fsp3) is 0.257. The summed E-state index contributed by atoms with van der Waals surface area (Å²) in [6, 6.07) is 27.7. The summed E-state index contributed by atoms with van der Waals surface area (Å²) in [6.07, 6.45) is 0.233. The molecule has 4 aromatic rings. The Labute approximate surface area is 265 Å². The van der Waals surface area contributed by atoms with E-state index in [-0.39, 0.29) is 23.8 Å². The van der Waals surface area contributed by atoms with Crippen molar-refractivity contribution >= 4 is 39.1 Å². The molecule has 9 heteroatoms. The van der Waals surface area contributed by atoms with Gasteiger partial charge in [0, 0.05) is 24.5 Å². The van der Waals surface area contributed by atoms with E-state index in [1.54, 1.807) is 48.5 Å². The number of hydrogen-bond acceptors (Lipinski definition) is 4. The van der Waals surface area contributed by atoms with Crippen molar-refractivity contribution in [3.05, 3.63) is 130 Å². The zero-order valence-corrected chi connectivity index (χ0v) is 27.0. The molecule has 0 bridgehead atoms. The molecule has 7 nitrogen and oxygen atoms in total. The second kappa shape index (κ2) is 14.6. The maximum absolute atomic E-state index is 14.5. The molecular weight excluding hydrogens is 594 g/mol. The summed E-state index contributed by atoms with van der Waals surface area (Å²) in [5.41, 5.74) is 4.36. The Morgan fingerprint density at radius 1 is 0.841 bits per heavy atom. The highest BCUT2D eigenvalue weighted by atomic mass is 35.5. The third-order valence-corrected chi connectivity index (χ3v) is 9.58. The SMILES string of the molecule is CCNC(=O)[C@@H](Cc1ccccc1)N(Cc1ccccc1Cl)C(=O)CN(c1cc(C)ccc1C)S(=O)(=O)c1ccc(C)cc1. The first-order valence-electron chi connectivity index (χ1n) is 14.5. The molecule has 0 radical (unpaired) electrons. The van der Waals surface area contributed by atoms with Crippen LogP contribution < -0.4 is 9.62 Å². The van der Waals surface area contributed by atoms with E-state index in [9.17, 15) is 18.0 Å². The van der Waals surface area contributed by atoms with E-state index in [1.165, 1.54) is 4.90 Å². The lowest BCUT2D eigenvalue weighted by Crippen LogP contribution is -2.53. The summed E-state index contributed by atoms with van der Waals surface area (Å²) < 4.78 is 29.6. The Morgan fingerprint density at radius 2 is 1.48 bits per heavy atom. The number of nitrogens with zero attached hydrogens (tertiary/aromatic N) is 2. The van der Waals surface area contributed by atoms with Crippen LogP contribution in [-0.4, -0.2) is 44.3 Å². The summed E-state index contributed by atoms with van der Waals surface area (Å²) in [5, 5.41) is 3.31. The van der Waals surface area contributed by atoms with Crippen LogP contribution in [0.2, 0.25) is 5.02 Å². The zero-order valence-electron chi connectivity index (χ0n) is 25.5. The van der Waals surface area contributed by atoms with Crippen molar-refractivity contribution in [3.63, 3.8) is 0 Å². The van der Waals surface area contributed by atoms with Crippen LogP contribution in [0.3, 0.4) is 0 Å². The monoisotopic (exact) mass is 631 g/mol. The van der Waals surface area contributed by atoms with Gasteiger partial charge in [-0.25, -0.2) is 8.42 Å². The minimum Gasteiger partial charge on any atom is -0.355 e. The number of sulfonamides is 1. The summed E-state index contributed by atoms with van der Waals surface area (Å²) in [5.74, 6) is -0.870. The number of anilines is 1. The normalized spacial score (nSPS) is 11.9. The molecule has 0 aromatic heterocycles. The molecule has 230 valence electrons. The van der Waals surface area contributed by atoms with Gasteiger partial charge in [0.15, 0.2) is 0 Å². The van der Waals surface area contributed by atoms with Crippen molar-refractivity contribution in [2.75, 3.05) is 17.4 Å². The van der Waals surface area contributed by atoms with Crippen molar-refractivity contribution in [3.8, 4) is 0 Å². The summed E-state index contributed by atoms with van der Waals surface area (Å²) in [6.45, 7) is 7.24. The van der Waals surface area contributed by atoms with Crippen LogP contribution in [-0.2, 0) is 32.6 Å². The molecule has 0 fully saturated rings. The second-order valence-corrected chi connectivity index (χ2v) is 13.1. The quantitative estimate of drug-likeness (QED) is 0.201. The Balaban J connectivity index is 1.83. The lowest BCUT2D eigenvalue weighted by molar-refractivity contribution is -0.140. The van der Waals surface area contributed by atoms with Gasteiger partial charge in [-0.1, -0.05) is 90.0 Å². The van der Waals surface area contributed by atoms with E-state index < -0.39 is 28.5 Å². The summed E-state index contributed by atoms with van der Waals surface area (Å²) in [7, 11) is -4.18.